The molecule has 1 amide bonds. The van der Waals surface area contributed by atoms with Gasteiger partial charge in [0.2, 0.25) is 0 Å². The number of benzene rings is 3. The Morgan fingerprint density at radius 3 is 2.33 bits per heavy atom. The van der Waals surface area contributed by atoms with E-state index < -0.39 is 11.9 Å². The summed E-state index contributed by atoms with van der Waals surface area (Å²) in [5.74, 6) is 0.0844. The zero-order chi connectivity index (χ0) is 18.8. The number of nitrogens with two attached hydrogens (primary N) is 1. The van der Waals surface area contributed by atoms with Gasteiger partial charge in [0, 0.05) is 5.56 Å². The predicted octanol–water partition coefficient (Wildman–Crippen LogP) is 3.55. The summed E-state index contributed by atoms with van der Waals surface area (Å²) >= 11 is 0. The van der Waals surface area contributed by atoms with Gasteiger partial charge in [0.15, 0.2) is 0 Å². The van der Waals surface area contributed by atoms with Crippen LogP contribution in [0.2, 0.25) is 0 Å². The van der Waals surface area contributed by atoms with Crippen LogP contribution in [0, 0.1) is 0 Å². The van der Waals surface area contributed by atoms with Gasteiger partial charge in [0.1, 0.15) is 17.1 Å². The average Bonchev–Trinajstić information content (AvgIpc) is 3.13. The second-order valence-electron chi connectivity index (χ2n) is 5.93. The molecular formula is C21H15N3O3. The molecule has 3 N–H and O–H groups in total. The number of H-pyrrole nitrogens is 1. The van der Waals surface area contributed by atoms with Crippen molar-refractivity contribution in [2.45, 2.75) is 0 Å². The molecule has 27 heavy (non-hydrogen) atoms. The number of rotatable bonds is 4. The Bertz CT molecular complexity index is 1130. The molecule has 0 unspecified atom stereocenters. The number of esters is 1. The van der Waals surface area contributed by atoms with Crippen molar-refractivity contribution in [3.05, 3.63) is 83.9 Å². The van der Waals surface area contributed by atoms with Crippen LogP contribution in [0.5, 0.6) is 5.75 Å². The fraction of sp³-hybridized carbons (Fsp3) is 0. The number of hydrogen-bond acceptors (Lipinski definition) is 4. The van der Waals surface area contributed by atoms with Gasteiger partial charge in [-0.1, -0.05) is 24.3 Å². The van der Waals surface area contributed by atoms with Crippen LogP contribution < -0.4 is 10.5 Å². The number of nitrogens with zero attached hydrogens (tertiary/aromatic N) is 1. The molecule has 0 aliphatic carbocycles. The summed E-state index contributed by atoms with van der Waals surface area (Å²) in [5, 5.41) is 0. The molecule has 3 aromatic carbocycles. The molecule has 0 radical (unpaired) electrons. The van der Waals surface area contributed by atoms with Crippen molar-refractivity contribution in [1.82, 2.24) is 9.97 Å². The topological polar surface area (TPSA) is 98.1 Å². The lowest BCUT2D eigenvalue weighted by molar-refractivity contribution is 0.0734. The second-order valence-corrected chi connectivity index (χ2v) is 5.93. The van der Waals surface area contributed by atoms with E-state index in [1.54, 1.807) is 60.7 Å². The lowest BCUT2D eigenvalue weighted by atomic mass is 10.2. The highest BCUT2D eigenvalue weighted by atomic mass is 16.5. The van der Waals surface area contributed by atoms with Crippen molar-refractivity contribution in [3.8, 4) is 17.1 Å². The smallest absolute Gasteiger partial charge is 0.343 e. The zero-order valence-corrected chi connectivity index (χ0v) is 14.2. The Labute approximate surface area is 154 Å². The molecule has 1 heterocycles. The number of hydrogen-bond donors (Lipinski definition) is 2. The number of fused-ring (bicyclic) bond motifs is 1. The SMILES string of the molecule is NC(=O)c1cccc2[nH]c(-c3ccc(OC(=O)c4ccccc4)cc3)nc12. The molecule has 0 bridgehead atoms. The Morgan fingerprint density at radius 1 is 0.889 bits per heavy atom. The highest BCUT2D eigenvalue weighted by Crippen LogP contribution is 2.25. The first-order valence-electron chi connectivity index (χ1n) is 8.28. The van der Waals surface area contributed by atoms with Gasteiger partial charge in [-0.15, -0.1) is 0 Å². The van der Waals surface area contributed by atoms with Crippen LogP contribution in [0.3, 0.4) is 0 Å². The standard InChI is InChI=1S/C21H15N3O3/c22-19(25)16-7-4-8-17-18(16)24-20(23-17)13-9-11-15(12-10-13)27-21(26)14-5-2-1-3-6-14/h1-12H,(H2,22,25)(H,23,24). The van der Waals surface area contributed by atoms with Gasteiger partial charge in [-0.3, -0.25) is 4.79 Å². The van der Waals surface area contributed by atoms with Gasteiger partial charge in [-0.2, -0.15) is 0 Å². The number of nitrogens with one attached hydrogen (secondary N) is 1. The molecule has 4 aromatic rings. The molecule has 0 atom stereocenters. The van der Waals surface area contributed by atoms with Gasteiger partial charge >= 0.3 is 5.97 Å². The van der Waals surface area contributed by atoms with Crippen LogP contribution in [-0.2, 0) is 0 Å². The first-order chi connectivity index (χ1) is 13.1. The molecule has 4 rings (SSSR count). The maximum Gasteiger partial charge on any atom is 0.343 e. The van der Waals surface area contributed by atoms with Crippen molar-refractivity contribution >= 4 is 22.9 Å². The molecule has 1 aromatic heterocycles. The number of aromatic nitrogens is 2. The van der Waals surface area contributed by atoms with Crippen LogP contribution >= 0.6 is 0 Å². The van der Waals surface area contributed by atoms with Crippen LogP contribution in [0.4, 0.5) is 0 Å². The molecule has 0 fully saturated rings. The Balaban J connectivity index is 1.59. The zero-order valence-electron chi connectivity index (χ0n) is 14.2. The van der Waals surface area contributed by atoms with Crippen molar-refractivity contribution in [2.75, 3.05) is 0 Å². The van der Waals surface area contributed by atoms with E-state index in [4.69, 9.17) is 10.5 Å². The Morgan fingerprint density at radius 2 is 1.63 bits per heavy atom. The maximum atomic E-state index is 12.1. The Hall–Kier alpha value is -3.93. The molecule has 0 aliphatic heterocycles. The van der Waals surface area contributed by atoms with E-state index in [-0.39, 0.29) is 0 Å². The third-order valence-electron chi connectivity index (χ3n) is 4.13. The number of imidazole rings is 1. The first-order valence-corrected chi connectivity index (χ1v) is 8.28. The fourth-order valence-electron chi connectivity index (χ4n) is 2.79. The molecule has 0 aliphatic rings. The maximum absolute atomic E-state index is 12.1. The van der Waals surface area contributed by atoms with Gasteiger partial charge in [-0.25, -0.2) is 9.78 Å². The van der Waals surface area contributed by atoms with E-state index in [1.165, 1.54) is 0 Å². The summed E-state index contributed by atoms with van der Waals surface area (Å²) in [6, 6.07) is 21.0. The quantitative estimate of drug-likeness (QED) is 0.431. The summed E-state index contributed by atoms with van der Waals surface area (Å²) in [6.07, 6.45) is 0. The van der Waals surface area contributed by atoms with Crippen LogP contribution in [0.15, 0.2) is 72.8 Å². The molecule has 0 saturated heterocycles. The van der Waals surface area contributed by atoms with Crippen LogP contribution in [0.1, 0.15) is 20.7 Å². The monoisotopic (exact) mass is 357 g/mol. The lowest BCUT2D eigenvalue weighted by Gasteiger charge is -2.05. The summed E-state index contributed by atoms with van der Waals surface area (Å²) in [5.41, 5.74) is 8.29. The van der Waals surface area contributed by atoms with E-state index >= 15 is 0 Å². The van der Waals surface area contributed by atoms with E-state index in [0.29, 0.717) is 28.2 Å². The van der Waals surface area contributed by atoms with E-state index in [1.807, 2.05) is 12.1 Å². The second kappa shape index (κ2) is 6.76. The third kappa shape index (κ3) is 3.28. The van der Waals surface area contributed by atoms with E-state index in [0.717, 1.165) is 11.1 Å². The van der Waals surface area contributed by atoms with Gasteiger partial charge < -0.3 is 15.5 Å². The predicted molar refractivity (Wildman–Crippen MR) is 101 cm³/mol. The lowest BCUT2D eigenvalue weighted by Crippen LogP contribution is -2.11. The van der Waals surface area contributed by atoms with Gasteiger partial charge in [0.05, 0.1) is 16.6 Å². The fourth-order valence-corrected chi connectivity index (χ4v) is 2.79. The van der Waals surface area contributed by atoms with Crippen molar-refractivity contribution in [2.24, 2.45) is 5.73 Å². The van der Waals surface area contributed by atoms with E-state index in [9.17, 15) is 9.59 Å². The number of carbonyl (C=O) groups excluding carboxylic acids is 2. The van der Waals surface area contributed by atoms with Gasteiger partial charge in [0.25, 0.3) is 5.91 Å². The van der Waals surface area contributed by atoms with Crippen LogP contribution in [0.25, 0.3) is 22.4 Å². The van der Waals surface area contributed by atoms with Gasteiger partial charge in [-0.05, 0) is 48.5 Å². The number of amides is 1. The number of carbonyl (C=O) groups is 2. The highest BCUT2D eigenvalue weighted by Gasteiger charge is 2.13. The van der Waals surface area contributed by atoms with Crippen molar-refractivity contribution < 1.29 is 14.3 Å². The normalized spacial score (nSPS) is 10.7. The summed E-state index contributed by atoms with van der Waals surface area (Å²) in [6.45, 7) is 0. The summed E-state index contributed by atoms with van der Waals surface area (Å²) in [7, 11) is 0. The summed E-state index contributed by atoms with van der Waals surface area (Å²) in [4.78, 5) is 31.3. The third-order valence-corrected chi connectivity index (χ3v) is 4.13. The highest BCUT2D eigenvalue weighted by molar-refractivity contribution is 6.04. The minimum absolute atomic E-state index is 0.364. The van der Waals surface area contributed by atoms with Crippen molar-refractivity contribution in [1.29, 1.82) is 0 Å². The largest absolute Gasteiger partial charge is 0.423 e. The molecule has 6 heteroatoms. The number of aromatic amines is 1. The van der Waals surface area contributed by atoms with E-state index in [2.05, 4.69) is 9.97 Å². The number of primary amides is 1. The minimum atomic E-state index is -0.526. The number of para-hydroxylation sites is 1. The molecule has 0 spiro atoms. The van der Waals surface area contributed by atoms with Crippen molar-refractivity contribution in [3.63, 3.8) is 0 Å². The molecule has 0 saturated carbocycles. The van der Waals surface area contributed by atoms with Crippen LogP contribution in [-0.4, -0.2) is 21.8 Å². The minimum Gasteiger partial charge on any atom is -0.423 e. The first kappa shape index (κ1) is 16.5. The molecular weight excluding hydrogens is 342 g/mol. The summed E-state index contributed by atoms with van der Waals surface area (Å²) < 4.78 is 5.37. The molecule has 6 nitrogen and oxygen atoms in total. The average molecular weight is 357 g/mol. The molecule has 132 valence electrons. The number of ether oxygens (including phenoxy) is 1. The Kier molecular flexibility index (Phi) is 4.14.